The van der Waals surface area contributed by atoms with Crippen molar-refractivity contribution < 1.29 is 31.9 Å². The third-order valence-electron chi connectivity index (χ3n) is 3.90. The SMILES string of the molecule is O=C(NCc1ccc(OC(F)(F)F)c(F)c1)c1ccnc(NC(=O)C2CC2)c1. The van der Waals surface area contributed by atoms with Crippen LogP contribution in [0.2, 0.25) is 0 Å². The van der Waals surface area contributed by atoms with Crippen molar-refractivity contribution in [3.05, 3.63) is 53.5 Å². The van der Waals surface area contributed by atoms with Gasteiger partial charge in [0, 0.05) is 24.2 Å². The summed E-state index contributed by atoms with van der Waals surface area (Å²) in [5, 5.41) is 5.14. The molecule has 6 nitrogen and oxygen atoms in total. The number of carbonyl (C=O) groups is 2. The lowest BCUT2D eigenvalue weighted by Gasteiger charge is -2.11. The summed E-state index contributed by atoms with van der Waals surface area (Å²) in [6, 6.07) is 5.72. The van der Waals surface area contributed by atoms with E-state index >= 15 is 0 Å². The molecule has 1 aromatic heterocycles. The molecule has 3 rings (SSSR count). The summed E-state index contributed by atoms with van der Waals surface area (Å²) in [5.74, 6) is -2.59. The van der Waals surface area contributed by atoms with Crippen molar-refractivity contribution in [1.82, 2.24) is 10.3 Å². The van der Waals surface area contributed by atoms with Gasteiger partial charge in [0.25, 0.3) is 5.91 Å². The molecule has 0 atom stereocenters. The third-order valence-corrected chi connectivity index (χ3v) is 3.90. The quantitative estimate of drug-likeness (QED) is 0.733. The van der Waals surface area contributed by atoms with E-state index in [1.165, 1.54) is 24.4 Å². The molecule has 0 saturated heterocycles. The maximum absolute atomic E-state index is 13.7. The van der Waals surface area contributed by atoms with E-state index in [4.69, 9.17) is 0 Å². The number of halogens is 4. The summed E-state index contributed by atoms with van der Waals surface area (Å²) >= 11 is 0. The Balaban J connectivity index is 1.59. The Hall–Kier alpha value is -3.17. The van der Waals surface area contributed by atoms with Gasteiger partial charge in [-0.25, -0.2) is 9.37 Å². The monoisotopic (exact) mass is 397 g/mol. The minimum Gasteiger partial charge on any atom is -0.403 e. The average Bonchev–Trinajstić information content (AvgIpc) is 3.46. The number of aromatic nitrogens is 1. The number of alkyl halides is 3. The molecular weight excluding hydrogens is 382 g/mol. The van der Waals surface area contributed by atoms with E-state index in [1.807, 2.05) is 0 Å². The van der Waals surface area contributed by atoms with E-state index in [1.54, 1.807) is 0 Å². The highest BCUT2D eigenvalue weighted by Gasteiger charge is 2.32. The van der Waals surface area contributed by atoms with Crippen molar-refractivity contribution in [2.45, 2.75) is 25.7 Å². The molecule has 2 aromatic rings. The fraction of sp³-hybridized carbons (Fsp3) is 0.278. The Labute approximate surface area is 156 Å². The molecule has 1 saturated carbocycles. The smallest absolute Gasteiger partial charge is 0.403 e. The van der Waals surface area contributed by atoms with Crippen LogP contribution in [0.1, 0.15) is 28.8 Å². The first kappa shape index (κ1) is 19.6. The number of carbonyl (C=O) groups excluding carboxylic acids is 2. The van der Waals surface area contributed by atoms with Crippen LogP contribution in [-0.2, 0) is 11.3 Å². The van der Waals surface area contributed by atoms with Crippen LogP contribution in [0.15, 0.2) is 36.5 Å². The number of rotatable bonds is 6. The number of benzene rings is 1. The Morgan fingerprint density at radius 3 is 2.57 bits per heavy atom. The largest absolute Gasteiger partial charge is 0.573 e. The van der Waals surface area contributed by atoms with Gasteiger partial charge in [-0.3, -0.25) is 9.59 Å². The van der Waals surface area contributed by atoms with Crippen LogP contribution in [0.3, 0.4) is 0 Å². The van der Waals surface area contributed by atoms with Crippen molar-refractivity contribution >= 4 is 17.6 Å². The van der Waals surface area contributed by atoms with Gasteiger partial charge < -0.3 is 15.4 Å². The molecule has 0 unspecified atom stereocenters. The first-order chi connectivity index (χ1) is 13.2. The van der Waals surface area contributed by atoms with Crippen molar-refractivity contribution in [3.63, 3.8) is 0 Å². The van der Waals surface area contributed by atoms with Crippen LogP contribution in [0, 0.1) is 11.7 Å². The predicted octanol–water partition coefficient (Wildman–Crippen LogP) is 3.40. The van der Waals surface area contributed by atoms with Crippen LogP contribution < -0.4 is 15.4 Å². The van der Waals surface area contributed by atoms with E-state index in [0.29, 0.717) is 0 Å². The summed E-state index contributed by atoms with van der Waals surface area (Å²) in [6.45, 7) is -0.117. The Morgan fingerprint density at radius 1 is 1.18 bits per heavy atom. The number of nitrogens with one attached hydrogen (secondary N) is 2. The first-order valence-corrected chi connectivity index (χ1v) is 8.30. The number of pyridine rings is 1. The molecule has 0 bridgehead atoms. The molecule has 1 fully saturated rings. The lowest BCUT2D eigenvalue weighted by molar-refractivity contribution is -0.275. The molecule has 28 heavy (non-hydrogen) atoms. The second kappa shape index (κ2) is 7.83. The lowest BCUT2D eigenvalue weighted by Crippen LogP contribution is -2.23. The van der Waals surface area contributed by atoms with E-state index in [0.717, 1.165) is 25.0 Å². The predicted molar refractivity (Wildman–Crippen MR) is 89.8 cm³/mol. The number of amides is 2. The second-order valence-corrected chi connectivity index (χ2v) is 6.19. The van der Waals surface area contributed by atoms with Gasteiger partial charge in [-0.05, 0) is 42.7 Å². The molecule has 1 aliphatic carbocycles. The highest BCUT2D eigenvalue weighted by atomic mass is 19.4. The van der Waals surface area contributed by atoms with Crippen LogP contribution in [0.25, 0.3) is 0 Å². The standard InChI is InChI=1S/C18H15F4N3O3/c19-13-7-10(1-4-14(13)28-18(20,21)22)9-24-16(26)12-5-6-23-15(8-12)25-17(27)11-2-3-11/h1,4-8,11H,2-3,9H2,(H,24,26)(H,23,25,27). The zero-order valence-electron chi connectivity index (χ0n) is 14.3. The Kier molecular flexibility index (Phi) is 5.48. The van der Waals surface area contributed by atoms with E-state index in [2.05, 4.69) is 20.4 Å². The van der Waals surface area contributed by atoms with Gasteiger partial charge in [-0.1, -0.05) is 6.07 Å². The fourth-order valence-corrected chi connectivity index (χ4v) is 2.36. The van der Waals surface area contributed by atoms with Gasteiger partial charge in [0.05, 0.1) is 0 Å². The third kappa shape index (κ3) is 5.41. The van der Waals surface area contributed by atoms with Crippen LogP contribution in [0.4, 0.5) is 23.4 Å². The Bertz CT molecular complexity index is 898. The van der Waals surface area contributed by atoms with Gasteiger partial charge in [0.15, 0.2) is 11.6 Å². The molecule has 10 heteroatoms. The van der Waals surface area contributed by atoms with E-state index in [9.17, 15) is 27.2 Å². The molecule has 2 N–H and O–H groups in total. The van der Waals surface area contributed by atoms with Gasteiger partial charge in [0.2, 0.25) is 5.91 Å². The first-order valence-electron chi connectivity index (χ1n) is 8.30. The number of nitrogens with zero attached hydrogens (tertiary/aromatic N) is 1. The maximum atomic E-state index is 13.7. The summed E-state index contributed by atoms with van der Waals surface area (Å²) in [5.41, 5.74) is 0.468. The van der Waals surface area contributed by atoms with Crippen LogP contribution in [0.5, 0.6) is 5.75 Å². The van der Waals surface area contributed by atoms with E-state index in [-0.39, 0.29) is 35.3 Å². The summed E-state index contributed by atoms with van der Waals surface area (Å²) in [7, 11) is 0. The number of ether oxygens (including phenoxy) is 1. The minimum absolute atomic E-state index is 0.0153. The highest BCUT2D eigenvalue weighted by Crippen LogP contribution is 2.30. The topological polar surface area (TPSA) is 80.3 Å². The van der Waals surface area contributed by atoms with Gasteiger partial charge in [-0.15, -0.1) is 13.2 Å². The second-order valence-electron chi connectivity index (χ2n) is 6.19. The molecule has 0 radical (unpaired) electrons. The van der Waals surface area contributed by atoms with Crippen molar-refractivity contribution in [2.24, 2.45) is 5.92 Å². The molecule has 0 aliphatic heterocycles. The number of anilines is 1. The fourth-order valence-electron chi connectivity index (χ4n) is 2.36. The van der Waals surface area contributed by atoms with E-state index < -0.39 is 23.8 Å². The zero-order valence-corrected chi connectivity index (χ0v) is 14.3. The number of hydrogen-bond donors (Lipinski definition) is 2. The molecule has 2 amide bonds. The average molecular weight is 397 g/mol. The summed E-state index contributed by atoms with van der Waals surface area (Å²) in [4.78, 5) is 27.9. The molecule has 148 valence electrons. The van der Waals surface area contributed by atoms with Gasteiger partial charge in [-0.2, -0.15) is 0 Å². The van der Waals surface area contributed by atoms with Crippen molar-refractivity contribution in [1.29, 1.82) is 0 Å². The van der Waals surface area contributed by atoms with Gasteiger partial charge >= 0.3 is 6.36 Å². The number of hydrogen-bond acceptors (Lipinski definition) is 4. The molecular formula is C18H15F4N3O3. The molecule has 1 aliphatic rings. The molecule has 1 aromatic carbocycles. The maximum Gasteiger partial charge on any atom is 0.573 e. The minimum atomic E-state index is -5.00. The van der Waals surface area contributed by atoms with Gasteiger partial charge in [0.1, 0.15) is 5.82 Å². The summed E-state index contributed by atoms with van der Waals surface area (Å²) in [6.07, 6.45) is -1.98. The zero-order chi connectivity index (χ0) is 20.3. The van der Waals surface area contributed by atoms with Crippen LogP contribution in [-0.4, -0.2) is 23.2 Å². The molecule has 0 spiro atoms. The van der Waals surface area contributed by atoms with Crippen LogP contribution >= 0.6 is 0 Å². The normalized spacial score (nSPS) is 13.7. The van der Waals surface area contributed by atoms with Crippen molar-refractivity contribution in [3.8, 4) is 5.75 Å². The molecule has 1 heterocycles. The highest BCUT2D eigenvalue weighted by molar-refractivity contribution is 5.97. The van der Waals surface area contributed by atoms with Crippen molar-refractivity contribution in [2.75, 3.05) is 5.32 Å². The Morgan fingerprint density at radius 2 is 1.93 bits per heavy atom. The summed E-state index contributed by atoms with van der Waals surface area (Å²) < 4.78 is 53.7. The lowest BCUT2D eigenvalue weighted by atomic mass is 10.2.